The standard InChI is InChI=1S/C16H11F4N/c1-21-14-5-3-2-4-10(14)9-15(21)11-6-7-13(17)12(8-11)16(18,19)20/h2-9H,1H3. The Morgan fingerprint density at radius 1 is 0.952 bits per heavy atom. The van der Waals surface area contributed by atoms with Gasteiger partial charge in [-0.1, -0.05) is 18.2 Å². The van der Waals surface area contributed by atoms with Crippen LogP contribution in [-0.4, -0.2) is 4.57 Å². The SMILES string of the molecule is Cn1c(-c2ccc(F)c(C(F)(F)F)c2)cc2ccccc21. The zero-order valence-corrected chi connectivity index (χ0v) is 11.1. The average Bonchev–Trinajstić information content (AvgIpc) is 2.76. The predicted octanol–water partition coefficient (Wildman–Crippen LogP) is 5.00. The number of para-hydroxylation sites is 1. The molecule has 0 atom stereocenters. The third-order valence-electron chi connectivity index (χ3n) is 3.52. The molecule has 108 valence electrons. The van der Waals surface area contributed by atoms with Gasteiger partial charge in [-0.25, -0.2) is 4.39 Å². The zero-order valence-electron chi connectivity index (χ0n) is 11.1. The van der Waals surface area contributed by atoms with Crippen LogP contribution in [0.4, 0.5) is 17.6 Å². The molecule has 0 fully saturated rings. The highest BCUT2D eigenvalue weighted by atomic mass is 19.4. The van der Waals surface area contributed by atoms with Crippen LogP contribution >= 0.6 is 0 Å². The Hall–Kier alpha value is -2.30. The highest BCUT2D eigenvalue weighted by molar-refractivity contribution is 5.87. The molecule has 0 aliphatic heterocycles. The fraction of sp³-hybridized carbons (Fsp3) is 0.125. The Balaban J connectivity index is 2.22. The maximum Gasteiger partial charge on any atom is 0.419 e. The van der Waals surface area contributed by atoms with Crippen molar-refractivity contribution in [3.05, 3.63) is 59.9 Å². The van der Waals surface area contributed by atoms with Crippen LogP contribution in [-0.2, 0) is 13.2 Å². The van der Waals surface area contributed by atoms with Gasteiger partial charge in [0, 0.05) is 23.6 Å². The molecule has 0 N–H and O–H groups in total. The van der Waals surface area contributed by atoms with Gasteiger partial charge < -0.3 is 4.57 Å². The molecule has 0 radical (unpaired) electrons. The van der Waals surface area contributed by atoms with E-state index in [4.69, 9.17) is 0 Å². The van der Waals surface area contributed by atoms with Crippen molar-refractivity contribution in [1.29, 1.82) is 0 Å². The van der Waals surface area contributed by atoms with E-state index >= 15 is 0 Å². The lowest BCUT2D eigenvalue weighted by molar-refractivity contribution is -0.139. The third kappa shape index (κ3) is 2.28. The minimum Gasteiger partial charge on any atom is -0.344 e. The molecule has 1 aromatic heterocycles. The van der Waals surface area contributed by atoms with Crippen LogP contribution in [0.15, 0.2) is 48.5 Å². The van der Waals surface area contributed by atoms with Crippen molar-refractivity contribution >= 4 is 10.9 Å². The molecule has 21 heavy (non-hydrogen) atoms. The van der Waals surface area contributed by atoms with Crippen LogP contribution in [0, 0.1) is 5.82 Å². The molecule has 0 unspecified atom stereocenters. The van der Waals surface area contributed by atoms with E-state index < -0.39 is 17.6 Å². The number of hydrogen-bond donors (Lipinski definition) is 0. The second kappa shape index (κ2) is 4.62. The number of rotatable bonds is 1. The summed E-state index contributed by atoms with van der Waals surface area (Å²) in [7, 11) is 1.77. The van der Waals surface area contributed by atoms with E-state index in [9.17, 15) is 17.6 Å². The van der Waals surface area contributed by atoms with Gasteiger partial charge >= 0.3 is 6.18 Å². The molecular weight excluding hydrogens is 282 g/mol. The fourth-order valence-electron chi connectivity index (χ4n) is 2.47. The first kappa shape index (κ1) is 13.7. The molecule has 3 rings (SSSR count). The minimum absolute atomic E-state index is 0.336. The number of halogens is 4. The lowest BCUT2D eigenvalue weighted by Gasteiger charge is -2.11. The van der Waals surface area contributed by atoms with E-state index in [1.807, 2.05) is 24.3 Å². The van der Waals surface area contributed by atoms with Gasteiger partial charge in [0.25, 0.3) is 0 Å². The monoisotopic (exact) mass is 293 g/mol. The van der Waals surface area contributed by atoms with Gasteiger partial charge in [0.1, 0.15) is 5.82 Å². The van der Waals surface area contributed by atoms with Crippen molar-refractivity contribution in [3.8, 4) is 11.3 Å². The highest BCUT2D eigenvalue weighted by Gasteiger charge is 2.34. The van der Waals surface area contributed by atoms with Gasteiger partial charge in [0.2, 0.25) is 0 Å². The van der Waals surface area contributed by atoms with Crippen molar-refractivity contribution in [2.45, 2.75) is 6.18 Å². The quantitative estimate of drug-likeness (QED) is 0.556. The van der Waals surface area contributed by atoms with Gasteiger partial charge in [-0.3, -0.25) is 0 Å². The van der Waals surface area contributed by atoms with E-state index in [1.54, 1.807) is 17.7 Å². The highest BCUT2D eigenvalue weighted by Crippen LogP contribution is 2.35. The Kier molecular flexibility index (Phi) is 3.01. The van der Waals surface area contributed by atoms with E-state index in [2.05, 4.69) is 0 Å². The number of aromatic nitrogens is 1. The second-order valence-corrected chi connectivity index (χ2v) is 4.84. The lowest BCUT2D eigenvalue weighted by Crippen LogP contribution is -2.08. The molecule has 5 heteroatoms. The fourth-order valence-corrected chi connectivity index (χ4v) is 2.47. The van der Waals surface area contributed by atoms with Gasteiger partial charge in [0.05, 0.1) is 5.56 Å². The topological polar surface area (TPSA) is 4.93 Å². The first-order chi connectivity index (χ1) is 9.88. The van der Waals surface area contributed by atoms with Crippen LogP contribution in [0.5, 0.6) is 0 Å². The minimum atomic E-state index is -4.70. The molecule has 1 nitrogen and oxygen atoms in total. The summed E-state index contributed by atoms with van der Waals surface area (Å²) >= 11 is 0. The van der Waals surface area contributed by atoms with E-state index in [1.165, 1.54) is 6.07 Å². The van der Waals surface area contributed by atoms with E-state index in [0.717, 1.165) is 23.0 Å². The Morgan fingerprint density at radius 2 is 1.67 bits per heavy atom. The Morgan fingerprint density at radius 3 is 2.33 bits per heavy atom. The summed E-state index contributed by atoms with van der Waals surface area (Å²) in [6.45, 7) is 0. The molecule has 3 aromatic rings. The first-order valence-electron chi connectivity index (χ1n) is 6.29. The van der Waals surface area contributed by atoms with Gasteiger partial charge in [0.15, 0.2) is 0 Å². The van der Waals surface area contributed by atoms with E-state index in [0.29, 0.717) is 11.3 Å². The Labute approximate surface area is 118 Å². The van der Waals surface area contributed by atoms with Gasteiger partial charge in [-0.15, -0.1) is 0 Å². The number of benzene rings is 2. The van der Waals surface area contributed by atoms with Crippen molar-refractivity contribution in [3.63, 3.8) is 0 Å². The summed E-state index contributed by atoms with van der Waals surface area (Å²) in [5, 5.41) is 0.924. The molecule has 0 saturated carbocycles. The van der Waals surface area contributed by atoms with Crippen LogP contribution in [0.25, 0.3) is 22.2 Å². The lowest BCUT2D eigenvalue weighted by atomic mass is 10.1. The largest absolute Gasteiger partial charge is 0.419 e. The van der Waals surface area contributed by atoms with Crippen LogP contribution < -0.4 is 0 Å². The third-order valence-corrected chi connectivity index (χ3v) is 3.52. The molecule has 0 saturated heterocycles. The normalized spacial score (nSPS) is 12.0. The van der Waals surface area contributed by atoms with Gasteiger partial charge in [-0.05, 0) is 35.9 Å². The second-order valence-electron chi connectivity index (χ2n) is 4.84. The average molecular weight is 293 g/mol. The first-order valence-corrected chi connectivity index (χ1v) is 6.29. The van der Waals surface area contributed by atoms with Crippen molar-refractivity contribution in [1.82, 2.24) is 4.57 Å². The van der Waals surface area contributed by atoms with Crippen LogP contribution in [0.1, 0.15) is 5.56 Å². The van der Waals surface area contributed by atoms with Crippen LogP contribution in [0.3, 0.4) is 0 Å². The predicted molar refractivity (Wildman–Crippen MR) is 73.3 cm³/mol. The van der Waals surface area contributed by atoms with E-state index in [-0.39, 0.29) is 0 Å². The number of hydrogen-bond acceptors (Lipinski definition) is 0. The summed E-state index contributed by atoms with van der Waals surface area (Å²) in [5.41, 5.74) is 0.611. The smallest absolute Gasteiger partial charge is 0.344 e. The Bertz CT molecular complexity index is 815. The molecule has 0 aliphatic carbocycles. The molecule has 0 bridgehead atoms. The molecule has 0 spiro atoms. The zero-order chi connectivity index (χ0) is 15.2. The summed E-state index contributed by atoms with van der Waals surface area (Å²) in [6, 6.07) is 12.3. The summed E-state index contributed by atoms with van der Waals surface area (Å²) in [6.07, 6.45) is -4.70. The maximum absolute atomic E-state index is 13.4. The molecule has 0 aliphatic rings. The summed E-state index contributed by atoms with van der Waals surface area (Å²) < 4.78 is 53.6. The van der Waals surface area contributed by atoms with Crippen molar-refractivity contribution in [2.75, 3.05) is 0 Å². The molecular formula is C16H11F4N. The van der Waals surface area contributed by atoms with Gasteiger partial charge in [-0.2, -0.15) is 13.2 Å². The number of aryl methyl sites for hydroxylation is 1. The number of nitrogens with zero attached hydrogens (tertiary/aromatic N) is 1. The maximum atomic E-state index is 13.4. The van der Waals surface area contributed by atoms with Crippen molar-refractivity contribution < 1.29 is 17.6 Å². The van der Waals surface area contributed by atoms with Crippen molar-refractivity contribution in [2.24, 2.45) is 7.05 Å². The summed E-state index contributed by atoms with van der Waals surface area (Å²) in [5.74, 6) is -1.26. The molecule has 0 amide bonds. The molecule has 1 heterocycles. The van der Waals surface area contributed by atoms with Crippen LogP contribution in [0.2, 0.25) is 0 Å². The summed E-state index contributed by atoms with van der Waals surface area (Å²) in [4.78, 5) is 0. The number of fused-ring (bicyclic) bond motifs is 1. The molecule has 2 aromatic carbocycles. The number of alkyl halides is 3.